The highest BCUT2D eigenvalue weighted by atomic mass is 32.1. The van der Waals surface area contributed by atoms with Crippen molar-refractivity contribution in [1.82, 2.24) is 0 Å². The molecule has 0 bridgehead atoms. The molecule has 0 saturated heterocycles. The Bertz CT molecular complexity index is 2510. The molecule has 0 saturated carbocycles. The zero-order chi connectivity index (χ0) is 30.5. The Morgan fingerprint density at radius 2 is 1.00 bits per heavy atom. The van der Waals surface area contributed by atoms with Gasteiger partial charge in [-0.3, -0.25) is 0 Å². The molecule has 216 valence electrons. The second kappa shape index (κ2) is 11.0. The minimum atomic E-state index is 1.13. The lowest BCUT2D eigenvalue weighted by Gasteiger charge is -2.26. The second-order valence-corrected chi connectivity index (χ2v) is 12.8. The van der Waals surface area contributed by atoms with E-state index in [9.17, 15) is 0 Å². The van der Waals surface area contributed by atoms with Crippen LogP contribution < -0.4 is 4.90 Å². The second-order valence-electron chi connectivity index (χ2n) is 11.7. The number of thiophene rings is 1. The Hall–Kier alpha value is -5.70. The highest BCUT2D eigenvalue weighted by Crippen LogP contribution is 2.49. The van der Waals surface area contributed by atoms with Gasteiger partial charge < -0.3 is 4.90 Å². The van der Waals surface area contributed by atoms with Crippen LogP contribution in [0.2, 0.25) is 0 Å². The number of fused-ring (bicyclic) bond motifs is 6. The molecule has 0 aliphatic heterocycles. The van der Waals surface area contributed by atoms with Crippen LogP contribution in [0.3, 0.4) is 0 Å². The fourth-order valence-electron chi connectivity index (χ4n) is 6.94. The van der Waals surface area contributed by atoms with E-state index in [2.05, 4.69) is 181 Å². The van der Waals surface area contributed by atoms with Crippen LogP contribution >= 0.6 is 11.3 Å². The van der Waals surface area contributed by atoms with Gasteiger partial charge in [-0.05, 0) is 80.9 Å². The summed E-state index contributed by atoms with van der Waals surface area (Å²) < 4.78 is 2.61. The van der Waals surface area contributed by atoms with E-state index >= 15 is 0 Å². The summed E-state index contributed by atoms with van der Waals surface area (Å²) in [6, 6.07) is 63.8. The number of nitrogens with zero attached hydrogens (tertiary/aromatic N) is 1. The van der Waals surface area contributed by atoms with Crippen molar-refractivity contribution >= 4 is 70.1 Å². The van der Waals surface area contributed by atoms with Crippen molar-refractivity contribution in [2.24, 2.45) is 0 Å². The van der Waals surface area contributed by atoms with Crippen molar-refractivity contribution in [1.29, 1.82) is 0 Å². The largest absolute Gasteiger partial charge is 0.310 e. The zero-order valence-electron chi connectivity index (χ0n) is 25.1. The summed E-state index contributed by atoms with van der Waals surface area (Å²) in [6.45, 7) is 0. The molecule has 0 atom stereocenters. The number of anilines is 3. The molecule has 46 heavy (non-hydrogen) atoms. The predicted molar refractivity (Wildman–Crippen MR) is 200 cm³/mol. The SMILES string of the molecule is c1ccc(-c2ccc(N(c3ccccc3)c3cccc4sc5c6ccccc6c(-c6cccc7ccccc67)cc5c34)cc2)cc1. The lowest BCUT2D eigenvalue weighted by molar-refractivity contribution is 1.30. The first-order valence-electron chi connectivity index (χ1n) is 15.7. The van der Waals surface area contributed by atoms with E-state index < -0.39 is 0 Å². The van der Waals surface area contributed by atoms with Gasteiger partial charge in [0.1, 0.15) is 0 Å². The molecular formula is C44H29NS. The summed E-state index contributed by atoms with van der Waals surface area (Å²) in [4.78, 5) is 2.41. The molecule has 0 aliphatic rings. The molecule has 8 aromatic carbocycles. The molecule has 1 heterocycles. The van der Waals surface area contributed by atoms with E-state index in [-0.39, 0.29) is 0 Å². The average Bonchev–Trinajstić information content (AvgIpc) is 3.52. The van der Waals surface area contributed by atoms with Gasteiger partial charge in [-0.15, -0.1) is 11.3 Å². The molecule has 0 N–H and O–H groups in total. The third-order valence-corrected chi connectivity index (χ3v) is 10.3. The zero-order valence-corrected chi connectivity index (χ0v) is 25.9. The van der Waals surface area contributed by atoms with Gasteiger partial charge in [0.05, 0.1) is 5.69 Å². The Morgan fingerprint density at radius 3 is 1.80 bits per heavy atom. The van der Waals surface area contributed by atoms with Gasteiger partial charge in [-0.1, -0.05) is 133 Å². The van der Waals surface area contributed by atoms with E-state index in [1.54, 1.807) is 0 Å². The van der Waals surface area contributed by atoms with Crippen molar-refractivity contribution in [2.45, 2.75) is 0 Å². The third kappa shape index (κ3) is 4.38. The third-order valence-electron chi connectivity index (χ3n) is 9.05. The van der Waals surface area contributed by atoms with E-state index in [1.807, 2.05) is 11.3 Å². The molecule has 0 unspecified atom stereocenters. The van der Waals surface area contributed by atoms with Crippen LogP contribution in [-0.2, 0) is 0 Å². The van der Waals surface area contributed by atoms with Crippen LogP contribution in [0.4, 0.5) is 17.1 Å². The minimum Gasteiger partial charge on any atom is -0.310 e. The lowest BCUT2D eigenvalue weighted by atomic mass is 9.92. The maximum atomic E-state index is 2.45. The van der Waals surface area contributed by atoms with E-state index in [4.69, 9.17) is 0 Å². The van der Waals surface area contributed by atoms with Crippen LogP contribution in [-0.4, -0.2) is 0 Å². The minimum absolute atomic E-state index is 1.13. The highest BCUT2D eigenvalue weighted by molar-refractivity contribution is 7.26. The first-order chi connectivity index (χ1) is 22.8. The first kappa shape index (κ1) is 26.7. The Balaban J connectivity index is 1.32. The summed E-state index contributed by atoms with van der Waals surface area (Å²) in [6.07, 6.45) is 0. The number of hydrogen-bond donors (Lipinski definition) is 0. The van der Waals surface area contributed by atoms with E-state index in [0.29, 0.717) is 0 Å². The number of benzene rings is 8. The Morgan fingerprint density at radius 1 is 0.391 bits per heavy atom. The average molecular weight is 604 g/mol. The molecule has 0 amide bonds. The lowest BCUT2D eigenvalue weighted by Crippen LogP contribution is -2.10. The van der Waals surface area contributed by atoms with Crippen molar-refractivity contribution < 1.29 is 0 Å². The summed E-state index contributed by atoms with van der Waals surface area (Å²) in [7, 11) is 0. The van der Waals surface area contributed by atoms with Gasteiger partial charge >= 0.3 is 0 Å². The Labute approximate surface area is 272 Å². The highest BCUT2D eigenvalue weighted by Gasteiger charge is 2.21. The van der Waals surface area contributed by atoms with Gasteiger partial charge in [0, 0.05) is 36.9 Å². The summed E-state index contributed by atoms with van der Waals surface area (Å²) in [5.74, 6) is 0. The fraction of sp³-hybridized carbons (Fsp3) is 0. The smallest absolute Gasteiger partial charge is 0.0554 e. The van der Waals surface area contributed by atoms with Crippen LogP contribution in [0.5, 0.6) is 0 Å². The molecule has 9 aromatic rings. The van der Waals surface area contributed by atoms with Gasteiger partial charge in [-0.25, -0.2) is 0 Å². The molecule has 0 radical (unpaired) electrons. The fourth-order valence-corrected chi connectivity index (χ4v) is 8.18. The van der Waals surface area contributed by atoms with Crippen molar-refractivity contribution in [2.75, 3.05) is 4.90 Å². The van der Waals surface area contributed by atoms with Crippen LogP contribution in [0.25, 0.3) is 64.0 Å². The standard InChI is InChI=1S/C44H29NS/c1-3-13-30(14-4-1)31-25-27-34(28-26-31)45(33-17-5-2-6-18-33)41-23-12-24-42-43(41)40-29-39(37-20-9-10-21-38(37)44(40)46-42)36-22-11-16-32-15-7-8-19-35(32)36/h1-29H. The summed E-state index contributed by atoms with van der Waals surface area (Å²) in [5, 5.41) is 7.70. The molecule has 0 fully saturated rings. The summed E-state index contributed by atoms with van der Waals surface area (Å²) in [5.41, 5.74) is 8.42. The number of rotatable bonds is 5. The normalized spacial score (nSPS) is 11.5. The Kier molecular flexibility index (Phi) is 6.40. The molecule has 1 nitrogen and oxygen atoms in total. The quantitative estimate of drug-likeness (QED) is 0.189. The van der Waals surface area contributed by atoms with Gasteiger partial charge in [0.15, 0.2) is 0 Å². The van der Waals surface area contributed by atoms with Crippen LogP contribution in [0, 0.1) is 0 Å². The predicted octanol–water partition coefficient (Wildman–Crippen LogP) is 13.2. The van der Waals surface area contributed by atoms with Crippen LogP contribution in [0.15, 0.2) is 176 Å². The van der Waals surface area contributed by atoms with Gasteiger partial charge in [0.25, 0.3) is 0 Å². The molecule has 2 heteroatoms. The molecule has 9 rings (SSSR count). The summed E-state index contributed by atoms with van der Waals surface area (Å²) >= 11 is 1.89. The van der Waals surface area contributed by atoms with Crippen molar-refractivity contribution in [3.05, 3.63) is 176 Å². The van der Waals surface area contributed by atoms with Gasteiger partial charge in [-0.2, -0.15) is 0 Å². The van der Waals surface area contributed by atoms with Crippen molar-refractivity contribution in [3.63, 3.8) is 0 Å². The van der Waals surface area contributed by atoms with E-state index in [0.717, 1.165) is 11.4 Å². The topological polar surface area (TPSA) is 3.24 Å². The van der Waals surface area contributed by atoms with Gasteiger partial charge in [0.2, 0.25) is 0 Å². The monoisotopic (exact) mass is 603 g/mol. The number of para-hydroxylation sites is 1. The maximum absolute atomic E-state index is 2.45. The number of hydrogen-bond acceptors (Lipinski definition) is 2. The molecule has 0 spiro atoms. The molecule has 1 aromatic heterocycles. The molecule has 0 aliphatic carbocycles. The van der Waals surface area contributed by atoms with Crippen molar-refractivity contribution in [3.8, 4) is 22.3 Å². The van der Waals surface area contributed by atoms with E-state index in [1.165, 1.54) is 69.7 Å². The van der Waals surface area contributed by atoms with Crippen LogP contribution in [0.1, 0.15) is 0 Å². The maximum Gasteiger partial charge on any atom is 0.0554 e. The first-order valence-corrected chi connectivity index (χ1v) is 16.5. The molecular weight excluding hydrogens is 575 g/mol.